The Morgan fingerprint density at radius 2 is 1.80 bits per heavy atom. The van der Waals surface area contributed by atoms with Crippen LogP contribution in [0.25, 0.3) is 0 Å². The average Bonchev–Trinajstić information content (AvgIpc) is 2.33. The molecule has 0 aromatic heterocycles. The molecule has 20 heavy (non-hydrogen) atoms. The van der Waals surface area contributed by atoms with Crippen LogP contribution in [0, 0.1) is 6.92 Å². The van der Waals surface area contributed by atoms with Crippen molar-refractivity contribution in [1.82, 2.24) is 0 Å². The van der Waals surface area contributed by atoms with Crippen LogP contribution in [0.4, 0.5) is 13.2 Å². The molecule has 3 nitrogen and oxygen atoms in total. The molecule has 0 saturated carbocycles. The highest BCUT2D eigenvalue weighted by Crippen LogP contribution is 2.25. The summed E-state index contributed by atoms with van der Waals surface area (Å²) in [5.74, 6) is 0. The van der Waals surface area contributed by atoms with E-state index in [0.717, 1.165) is 18.6 Å². The third kappa shape index (κ3) is 4.97. The van der Waals surface area contributed by atoms with Crippen LogP contribution in [0.1, 0.15) is 18.9 Å². The van der Waals surface area contributed by atoms with Gasteiger partial charge in [0.15, 0.2) is 0 Å². The summed E-state index contributed by atoms with van der Waals surface area (Å²) in [5.41, 5.74) is 0.126. The summed E-state index contributed by atoms with van der Waals surface area (Å²) < 4.78 is 64.7. The van der Waals surface area contributed by atoms with E-state index in [1.807, 2.05) is 6.92 Å². The topological polar surface area (TPSA) is 43.4 Å². The highest BCUT2D eigenvalue weighted by Gasteiger charge is 2.29. The van der Waals surface area contributed by atoms with Crippen LogP contribution >= 0.6 is 0 Å². The zero-order valence-corrected chi connectivity index (χ0v) is 11.9. The van der Waals surface area contributed by atoms with Gasteiger partial charge in [0, 0.05) is 5.57 Å². The van der Waals surface area contributed by atoms with E-state index in [1.54, 1.807) is 12.1 Å². The molecular weight excluding hydrogens is 293 g/mol. The molecule has 0 aliphatic carbocycles. The van der Waals surface area contributed by atoms with Crippen LogP contribution in [-0.2, 0) is 14.3 Å². The molecule has 112 valence electrons. The minimum absolute atomic E-state index is 0.0142. The Morgan fingerprint density at radius 3 is 2.30 bits per heavy atom. The fourth-order valence-electron chi connectivity index (χ4n) is 1.32. The lowest BCUT2D eigenvalue weighted by Crippen LogP contribution is -2.10. The Kier molecular flexibility index (Phi) is 5.35. The Labute approximate surface area is 116 Å². The molecule has 1 aromatic carbocycles. The summed E-state index contributed by atoms with van der Waals surface area (Å²) in [4.78, 5) is -0.0142. The van der Waals surface area contributed by atoms with Crippen LogP contribution < -0.4 is 0 Å². The zero-order valence-electron chi connectivity index (χ0n) is 11.1. The molecule has 0 bridgehead atoms. The maximum absolute atomic E-state index is 12.2. The molecule has 1 rings (SSSR count). The molecule has 0 fully saturated rings. The first kappa shape index (κ1) is 16.7. The first-order valence-electron chi connectivity index (χ1n) is 5.83. The lowest BCUT2D eigenvalue weighted by Gasteiger charge is -2.07. The van der Waals surface area contributed by atoms with Gasteiger partial charge in [-0.15, -0.1) is 0 Å². The smallest absolute Gasteiger partial charge is 0.266 e. The largest absolute Gasteiger partial charge is 0.412 e. The normalized spacial score (nSPS) is 13.6. The first-order chi connectivity index (χ1) is 9.13. The molecule has 0 spiro atoms. The summed E-state index contributed by atoms with van der Waals surface area (Å²) in [6.45, 7) is 2.40. The van der Waals surface area contributed by atoms with Gasteiger partial charge in [-0.25, -0.2) is 0 Å². The van der Waals surface area contributed by atoms with Gasteiger partial charge in [-0.1, -0.05) is 23.8 Å². The minimum atomic E-state index is -4.39. The van der Waals surface area contributed by atoms with Crippen molar-refractivity contribution in [2.45, 2.75) is 31.3 Å². The number of allylic oxidation sites excluding steroid dienone is 1. The van der Waals surface area contributed by atoms with Crippen molar-refractivity contribution in [3.8, 4) is 0 Å². The molecule has 0 aliphatic heterocycles. The van der Waals surface area contributed by atoms with E-state index in [2.05, 4.69) is 4.18 Å². The molecule has 0 radical (unpaired) electrons. The van der Waals surface area contributed by atoms with Crippen molar-refractivity contribution in [3.63, 3.8) is 0 Å². The summed E-state index contributed by atoms with van der Waals surface area (Å²) in [5, 5.41) is 0. The van der Waals surface area contributed by atoms with Crippen molar-refractivity contribution < 1.29 is 25.8 Å². The van der Waals surface area contributed by atoms with Crippen LogP contribution in [0.15, 0.2) is 40.8 Å². The number of hydrogen-bond donors (Lipinski definition) is 0. The Morgan fingerprint density at radius 1 is 1.25 bits per heavy atom. The standard InChI is InChI=1S/C13H15F3O3S/c1-10-5-7-12(8-6-10)20(17,18)19-9-3-4-11(2)13(14,15)16/h4-8H,3,9H2,1-2H3. The monoisotopic (exact) mass is 308 g/mol. The molecule has 1 aromatic rings. The average molecular weight is 308 g/mol. The van der Waals surface area contributed by atoms with Gasteiger partial charge in [-0.2, -0.15) is 21.6 Å². The summed E-state index contributed by atoms with van der Waals surface area (Å²) in [7, 11) is -3.92. The van der Waals surface area contributed by atoms with Gasteiger partial charge in [-0.05, 0) is 32.4 Å². The Hall–Kier alpha value is -1.34. The van der Waals surface area contributed by atoms with E-state index in [0.29, 0.717) is 0 Å². The van der Waals surface area contributed by atoms with Gasteiger partial charge in [0.2, 0.25) is 0 Å². The number of alkyl halides is 3. The second-order valence-corrected chi connectivity index (χ2v) is 5.88. The van der Waals surface area contributed by atoms with Crippen molar-refractivity contribution in [2.75, 3.05) is 6.61 Å². The predicted octanol–water partition coefficient (Wildman–Crippen LogP) is 3.60. The number of rotatable bonds is 5. The maximum Gasteiger partial charge on any atom is 0.412 e. The number of benzene rings is 1. The van der Waals surface area contributed by atoms with E-state index in [4.69, 9.17) is 0 Å². The van der Waals surface area contributed by atoms with E-state index >= 15 is 0 Å². The second-order valence-electron chi connectivity index (χ2n) is 4.26. The predicted molar refractivity (Wildman–Crippen MR) is 68.7 cm³/mol. The third-order valence-corrected chi connectivity index (χ3v) is 3.89. The molecule has 0 saturated heterocycles. The molecule has 7 heteroatoms. The third-order valence-electron chi connectivity index (χ3n) is 2.56. The number of halogens is 3. The van der Waals surface area contributed by atoms with Crippen molar-refractivity contribution >= 4 is 10.1 Å². The molecule has 0 aliphatic rings. The molecule has 0 unspecified atom stereocenters. The summed E-state index contributed by atoms with van der Waals surface area (Å²) in [6, 6.07) is 6.01. The quantitative estimate of drug-likeness (QED) is 0.474. The summed E-state index contributed by atoms with van der Waals surface area (Å²) in [6.07, 6.45) is -3.61. The molecule has 0 atom stereocenters. The van der Waals surface area contributed by atoms with Crippen LogP contribution in [0.5, 0.6) is 0 Å². The van der Waals surface area contributed by atoms with Crippen LogP contribution in [0.2, 0.25) is 0 Å². The fourth-order valence-corrected chi connectivity index (χ4v) is 2.24. The van der Waals surface area contributed by atoms with E-state index < -0.39 is 21.9 Å². The molecule has 0 heterocycles. The van der Waals surface area contributed by atoms with Crippen molar-refractivity contribution in [2.24, 2.45) is 0 Å². The van der Waals surface area contributed by atoms with Crippen molar-refractivity contribution in [3.05, 3.63) is 41.5 Å². The number of aryl methyl sites for hydroxylation is 1. The zero-order chi connectivity index (χ0) is 15.4. The van der Waals surface area contributed by atoms with Gasteiger partial charge in [-0.3, -0.25) is 4.18 Å². The van der Waals surface area contributed by atoms with E-state index in [9.17, 15) is 21.6 Å². The number of hydrogen-bond acceptors (Lipinski definition) is 3. The lowest BCUT2D eigenvalue weighted by atomic mass is 10.2. The molecule has 0 N–H and O–H groups in total. The van der Waals surface area contributed by atoms with E-state index in [-0.39, 0.29) is 17.9 Å². The molecular formula is C13H15F3O3S. The minimum Gasteiger partial charge on any atom is -0.266 e. The Bertz CT molecular complexity index is 572. The lowest BCUT2D eigenvalue weighted by molar-refractivity contribution is -0.0915. The maximum atomic E-state index is 12.2. The van der Waals surface area contributed by atoms with Crippen LogP contribution in [-0.4, -0.2) is 21.2 Å². The highest BCUT2D eigenvalue weighted by atomic mass is 32.2. The van der Waals surface area contributed by atoms with Gasteiger partial charge in [0.25, 0.3) is 10.1 Å². The van der Waals surface area contributed by atoms with Crippen molar-refractivity contribution in [1.29, 1.82) is 0 Å². The van der Waals surface area contributed by atoms with Gasteiger partial charge >= 0.3 is 6.18 Å². The highest BCUT2D eigenvalue weighted by molar-refractivity contribution is 7.86. The van der Waals surface area contributed by atoms with Gasteiger partial charge in [0.05, 0.1) is 11.5 Å². The van der Waals surface area contributed by atoms with Gasteiger partial charge < -0.3 is 0 Å². The Balaban J connectivity index is 2.59. The fraction of sp³-hybridized carbons (Fsp3) is 0.385. The molecule has 0 amide bonds. The summed E-state index contributed by atoms with van der Waals surface area (Å²) >= 11 is 0. The second kappa shape index (κ2) is 6.41. The van der Waals surface area contributed by atoms with E-state index in [1.165, 1.54) is 12.1 Å². The SMILES string of the molecule is CC(=CCCOS(=O)(=O)c1ccc(C)cc1)C(F)(F)F. The van der Waals surface area contributed by atoms with Crippen LogP contribution in [0.3, 0.4) is 0 Å². The first-order valence-corrected chi connectivity index (χ1v) is 7.24. The van der Waals surface area contributed by atoms with Gasteiger partial charge in [0.1, 0.15) is 0 Å².